The monoisotopic (exact) mass is 459 g/mol. The second-order valence-corrected chi connectivity index (χ2v) is 10.1. The number of rotatable bonds is 4. The van der Waals surface area contributed by atoms with Crippen LogP contribution in [-0.2, 0) is 9.84 Å². The highest BCUT2D eigenvalue weighted by Gasteiger charge is 2.44. The van der Waals surface area contributed by atoms with Crippen LogP contribution in [0.1, 0.15) is 10.4 Å². The van der Waals surface area contributed by atoms with E-state index in [4.69, 9.17) is 58.0 Å². The third-order valence-electron chi connectivity index (χ3n) is 3.13. The van der Waals surface area contributed by atoms with Gasteiger partial charge >= 0.3 is 0 Å². The zero-order chi connectivity index (χ0) is 18.8. The quantitative estimate of drug-likeness (QED) is 0.659. The Hall–Kier alpha value is -0.690. The summed E-state index contributed by atoms with van der Waals surface area (Å²) in [5.74, 6) is -0.792. The summed E-state index contributed by atoms with van der Waals surface area (Å²) < 4.78 is 23.3. The van der Waals surface area contributed by atoms with E-state index in [2.05, 4.69) is 5.32 Å². The van der Waals surface area contributed by atoms with Crippen LogP contribution in [0.15, 0.2) is 53.4 Å². The van der Waals surface area contributed by atoms with Crippen molar-refractivity contribution in [2.75, 3.05) is 0 Å². The zero-order valence-electron chi connectivity index (χ0n) is 12.2. The molecule has 0 bridgehead atoms. The number of amides is 1. The molecule has 0 aliphatic heterocycles. The van der Waals surface area contributed by atoms with Crippen molar-refractivity contribution in [1.82, 2.24) is 5.32 Å². The number of nitrogens with one attached hydrogen (secondary N) is 1. The Labute approximate surface area is 169 Å². The molecule has 1 amide bonds. The van der Waals surface area contributed by atoms with Gasteiger partial charge < -0.3 is 5.32 Å². The van der Waals surface area contributed by atoms with Crippen molar-refractivity contribution in [3.63, 3.8) is 0 Å². The first-order valence-electron chi connectivity index (χ1n) is 6.65. The normalized spacial score (nSPS) is 13.3. The van der Waals surface area contributed by atoms with Gasteiger partial charge in [0.1, 0.15) is 0 Å². The second-order valence-electron chi connectivity index (χ2n) is 4.87. The topological polar surface area (TPSA) is 63.2 Å². The lowest BCUT2D eigenvalue weighted by atomic mass is 10.2. The van der Waals surface area contributed by atoms with Crippen LogP contribution in [0.2, 0.25) is 10.0 Å². The van der Waals surface area contributed by atoms with Gasteiger partial charge in [-0.15, -0.1) is 0 Å². The van der Waals surface area contributed by atoms with E-state index in [1.165, 1.54) is 36.4 Å². The van der Waals surface area contributed by atoms with Gasteiger partial charge in [-0.3, -0.25) is 4.79 Å². The average Bonchev–Trinajstić information content (AvgIpc) is 2.52. The van der Waals surface area contributed by atoms with Crippen LogP contribution in [0.5, 0.6) is 0 Å². The lowest BCUT2D eigenvalue weighted by Crippen LogP contribution is -2.49. The molecule has 4 nitrogen and oxygen atoms in total. The van der Waals surface area contributed by atoms with Crippen LogP contribution in [0.4, 0.5) is 0 Å². The van der Waals surface area contributed by atoms with Gasteiger partial charge in [-0.05, 0) is 36.4 Å². The number of sulfone groups is 1. The molecule has 1 atom stereocenters. The first-order chi connectivity index (χ1) is 11.5. The molecule has 1 unspecified atom stereocenters. The predicted molar refractivity (Wildman–Crippen MR) is 102 cm³/mol. The van der Waals surface area contributed by atoms with Crippen molar-refractivity contribution in [1.29, 1.82) is 0 Å². The molecule has 2 aromatic carbocycles. The van der Waals surface area contributed by atoms with E-state index in [1.54, 1.807) is 12.1 Å². The summed E-state index contributed by atoms with van der Waals surface area (Å²) in [7, 11) is -4.22. The molecule has 25 heavy (non-hydrogen) atoms. The molecule has 1 N–H and O–H groups in total. The molecule has 0 aliphatic carbocycles. The van der Waals surface area contributed by atoms with E-state index in [1.807, 2.05) is 0 Å². The summed E-state index contributed by atoms with van der Waals surface area (Å²) in [6.07, 6.45) is 0. The zero-order valence-corrected chi connectivity index (χ0v) is 16.8. The molecule has 0 spiro atoms. The Kier molecular flexibility index (Phi) is 6.52. The molecule has 0 radical (unpaired) electrons. The Morgan fingerprint density at radius 3 is 2.04 bits per heavy atom. The van der Waals surface area contributed by atoms with Gasteiger partial charge in [0.05, 0.1) is 15.5 Å². The summed E-state index contributed by atoms with van der Waals surface area (Å²) in [5, 5.41) is 0.858. The lowest BCUT2D eigenvalue weighted by molar-refractivity contribution is 0.0948. The van der Waals surface area contributed by atoms with Crippen molar-refractivity contribution in [3.8, 4) is 0 Å². The van der Waals surface area contributed by atoms with Crippen molar-refractivity contribution in [3.05, 3.63) is 64.1 Å². The number of carbonyl (C=O) groups is 1. The molecular weight excluding hydrogens is 452 g/mol. The predicted octanol–water partition coefficient (Wildman–Crippen LogP) is 4.89. The molecule has 0 aliphatic rings. The van der Waals surface area contributed by atoms with Crippen molar-refractivity contribution >= 4 is 73.7 Å². The molecule has 10 heteroatoms. The maximum atomic E-state index is 12.8. The maximum Gasteiger partial charge on any atom is 0.253 e. The van der Waals surface area contributed by atoms with E-state index in [9.17, 15) is 13.2 Å². The smallest absolute Gasteiger partial charge is 0.253 e. The van der Waals surface area contributed by atoms with Crippen LogP contribution in [0, 0.1) is 0 Å². The fraction of sp³-hybridized carbons (Fsp3) is 0.133. The molecule has 0 fully saturated rings. The summed E-state index contributed by atoms with van der Waals surface area (Å²) in [6, 6.07) is 11.3. The third-order valence-corrected chi connectivity index (χ3v) is 6.78. The van der Waals surface area contributed by atoms with Gasteiger partial charge in [0.15, 0.2) is 5.37 Å². The Morgan fingerprint density at radius 2 is 1.52 bits per heavy atom. The standard InChI is InChI=1S/C15H10Cl5NO3S/c16-9-5-7-10(8-6-9)25(23,24)14(15(18,19)20)21-13(22)11-3-1-2-4-12(11)17/h1-8,14H,(H,21,22). The number of alkyl halides is 3. The number of carbonyl (C=O) groups excluding carboxylic acids is 1. The van der Waals surface area contributed by atoms with Crippen LogP contribution >= 0.6 is 58.0 Å². The van der Waals surface area contributed by atoms with Gasteiger partial charge in [-0.2, -0.15) is 0 Å². The minimum atomic E-state index is -4.22. The summed E-state index contributed by atoms with van der Waals surface area (Å²) in [6.45, 7) is 0. The molecule has 0 saturated heterocycles. The number of halogens is 5. The van der Waals surface area contributed by atoms with Gasteiger partial charge in [-0.1, -0.05) is 70.1 Å². The Bertz CT molecular complexity index is 879. The van der Waals surface area contributed by atoms with E-state index in [0.29, 0.717) is 5.02 Å². The summed E-state index contributed by atoms with van der Waals surface area (Å²) >= 11 is 29.1. The first kappa shape index (κ1) is 20.6. The number of hydrogen-bond acceptors (Lipinski definition) is 3. The van der Waals surface area contributed by atoms with E-state index in [0.717, 1.165) is 0 Å². The van der Waals surface area contributed by atoms with Crippen molar-refractivity contribution in [2.24, 2.45) is 0 Å². The van der Waals surface area contributed by atoms with E-state index < -0.39 is 24.9 Å². The molecule has 0 heterocycles. The molecule has 0 aromatic heterocycles. The minimum absolute atomic E-state index is 0.0507. The Balaban J connectivity index is 2.42. The van der Waals surface area contributed by atoms with Crippen LogP contribution < -0.4 is 5.32 Å². The van der Waals surface area contributed by atoms with Gasteiger partial charge in [0.25, 0.3) is 5.91 Å². The van der Waals surface area contributed by atoms with E-state index in [-0.39, 0.29) is 15.5 Å². The van der Waals surface area contributed by atoms with Gasteiger partial charge in [0.2, 0.25) is 13.6 Å². The first-order valence-corrected chi connectivity index (χ1v) is 10.1. The largest absolute Gasteiger partial charge is 0.332 e. The highest BCUT2D eigenvalue weighted by Crippen LogP contribution is 2.36. The molecule has 134 valence electrons. The highest BCUT2D eigenvalue weighted by molar-refractivity contribution is 7.92. The number of hydrogen-bond donors (Lipinski definition) is 1. The van der Waals surface area contributed by atoms with E-state index >= 15 is 0 Å². The van der Waals surface area contributed by atoms with Gasteiger partial charge in [-0.25, -0.2) is 8.42 Å². The highest BCUT2D eigenvalue weighted by atomic mass is 35.6. The molecule has 0 saturated carbocycles. The number of benzene rings is 2. The molecule has 2 rings (SSSR count). The second kappa shape index (κ2) is 7.91. The third kappa shape index (κ3) is 4.94. The van der Waals surface area contributed by atoms with Crippen molar-refractivity contribution < 1.29 is 13.2 Å². The average molecular weight is 462 g/mol. The van der Waals surface area contributed by atoms with Crippen LogP contribution in [0.3, 0.4) is 0 Å². The molecule has 2 aromatic rings. The molecular formula is C15H10Cl5NO3S. The fourth-order valence-electron chi connectivity index (χ4n) is 1.94. The van der Waals surface area contributed by atoms with Crippen molar-refractivity contribution in [2.45, 2.75) is 14.1 Å². The minimum Gasteiger partial charge on any atom is -0.332 e. The lowest BCUT2D eigenvalue weighted by Gasteiger charge is -2.25. The summed E-state index contributed by atoms with van der Waals surface area (Å²) in [4.78, 5) is 12.2. The van der Waals surface area contributed by atoms with Crippen LogP contribution in [-0.4, -0.2) is 23.5 Å². The van der Waals surface area contributed by atoms with Crippen LogP contribution in [0.25, 0.3) is 0 Å². The SMILES string of the molecule is O=C(NC(C(Cl)(Cl)Cl)S(=O)(=O)c1ccc(Cl)cc1)c1ccccc1Cl. The maximum absolute atomic E-state index is 12.8. The fourth-order valence-corrected chi connectivity index (χ4v) is 4.91. The Morgan fingerprint density at radius 1 is 0.960 bits per heavy atom. The summed E-state index contributed by atoms with van der Waals surface area (Å²) in [5.41, 5.74) is 0.0507. The van der Waals surface area contributed by atoms with Gasteiger partial charge in [0, 0.05) is 5.02 Å².